The van der Waals surface area contributed by atoms with Crippen molar-refractivity contribution in [1.82, 2.24) is 4.90 Å². The van der Waals surface area contributed by atoms with Crippen LogP contribution in [0, 0.1) is 16.9 Å². The number of hydrogen-bond donors (Lipinski definition) is 0. The third-order valence-corrected chi connectivity index (χ3v) is 1.40. The van der Waals surface area contributed by atoms with E-state index in [4.69, 9.17) is 5.26 Å². The maximum Gasteiger partial charge on any atom is 0.125 e. The third-order valence-electron chi connectivity index (χ3n) is 1.40. The van der Waals surface area contributed by atoms with E-state index in [0.29, 0.717) is 5.96 Å². The van der Waals surface area contributed by atoms with Crippen LogP contribution in [-0.4, -0.2) is 31.5 Å². The van der Waals surface area contributed by atoms with Crippen molar-refractivity contribution in [3.63, 3.8) is 0 Å². The predicted molar refractivity (Wildman–Crippen MR) is 54.4 cm³/mol. The maximum absolute atomic E-state index is 8.39. The van der Waals surface area contributed by atoms with Crippen molar-refractivity contribution in [1.29, 1.82) is 5.26 Å². The number of hydrogen-bond acceptors (Lipinski definition) is 2. The van der Waals surface area contributed by atoms with E-state index in [1.54, 1.807) is 13.2 Å². The fraction of sp³-hybridized carbons (Fsp3) is 0.778. The first kappa shape index (κ1) is 15.8. The van der Waals surface area contributed by atoms with Crippen LogP contribution in [0.5, 0.6) is 0 Å². The van der Waals surface area contributed by atoms with Crippen LogP contribution in [0.2, 0.25) is 0 Å². The standard InChI is InChI=1S/C9H17N4.Rh/c1-9(2,3)6-13(5)8(11-4)12-7-10;/h6H2,1-5H3;/q-1;. The fourth-order valence-corrected chi connectivity index (χ4v) is 1.13. The van der Waals surface area contributed by atoms with Crippen molar-refractivity contribution in [3.8, 4) is 6.19 Å². The van der Waals surface area contributed by atoms with Crippen LogP contribution >= 0.6 is 0 Å². The quantitative estimate of drug-likeness (QED) is 0.319. The van der Waals surface area contributed by atoms with Crippen LogP contribution < -0.4 is 0 Å². The summed E-state index contributed by atoms with van der Waals surface area (Å²) in [6.07, 6.45) is 1.74. The molecule has 0 heterocycles. The first-order valence-corrected chi connectivity index (χ1v) is 4.18. The van der Waals surface area contributed by atoms with Gasteiger partial charge in [0, 0.05) is 25.4 Å². The zero-order chi connectivity index (χ0) is 10.5. The van der Waals surface area contributed by atoms with Crippen LogP contribution in [0.1, 0.15) is 20.8 Å². The second-order valence-electron chi connectivity index (χ2n) is 4.15. The molecule has 0 amide bonds. The minimum Gasteiger partial charge on any atom is -0.428 e. The van der Waals surface area contributed by atoms with Crippen LogP contribution in [0.4, 0.5) is 0 Å². The van der Waals surface area contributed by atoms with Gasteiger partial charge in [-0.3, -0.25) is 4.99 Å². The summed E-state index contributed by atoms with van der Waals surface area (Å²) in [5.41, 5.74) is 0.176. The predicted octanol–water partition coefficient (Wildman–Crippen LogP) is 1.80. The number of nitriles is 1. The second-order valence-corrected chi connectivity index (χ2v) is 4.15. The van der Waals surface area contributed by atoms with Crippen molar-refractivity contribution in [2.75, 3.05) is 20.6 Å². The topological polar surface area (TPSA) is 53.5 Å². The number of guanidine groups is 1. The summed E-state index contributed by atoms with van der Waals surface area (Å²) < 4.78 is 0. The van der Waals surface area contributed by atoms with E-state index in [1.165, 1.54) is 0 Å². The van der Waals surface area contributed by atoms with Crippen molar-refractivity contribution in [2.24, 2.45) is 10.4 Å². The molecule has 0 saturated carbocycles. The van der Waals surface area contributed by atoms with Gasteiger partial charge in [-0.1, -0.05) is 20.8 Å². The van der Waals surface area contributed by atoms with E-state index in [1.807, 2.05) is 11.9 Å². The summed E-state index contributed by atoms with van der Waals surface area (Å²) in [7, 11) is 3.52. The van der Waals surface area contributed by atoms with Gasteiger partial charge < -0.3 is 10.2 Å². The van der Waals surface area contributed by atoms with Crippen LogP contribution in [0.15, 0.2) is 4.99 Å². The Hall–Kier alpha value is -0.617. The molecule has 0 aromatic heterocycles. The van der Waals surface area contributed by atoms with Gasteiger partial charge >= 0.3 is 0 Å². The van der Waals surface area contributed by atoms with Crippen LogP contribution in [0.3, 0.4) is 0 Å². The first-order valence-electron chi connectivity index (χ1n) is 4.18. The van der Waals surface area contributed by atoms with Gasteiger partial charge in [-0.05, 0) is 26.1 Å². The summed E-state index contributed by atoms with van der Waals surface area (Å²) in [5, 5.41) is 12.3. The Morgan fingerprint density at radius 2 is 2.00 bits per heavy atom. The second kappa shape index (κ2) is 6.78. The van der Waals surface area contributed by atoms with Gasteiger partial charge in [0.15, 0.2) is 0 Å². The molecule has 4 nitrogen and oxygen atoms in total. The minimum atomic E-state index is 0. The van der Waals surface area contributed by atoms with Gasteiger partial charge in [0.05, 0.1) is 0 Å². The zero-order valence-electron chi connectivity index (χ0n) is 9.33. The van der Waals surface area contributed by atoms with Crippen LogP contribution in [0.25, 0.3) is 5.32 Å². The average Bonchev–Trinajstić information content (AvgIpc) is 1.96. The Balaban J connectivity index is 0. The molecule has 0 aliphatic carbocycles. The number of nitrogens with zero attached hydrogens (tertiary/aromatic N) is 4. The molecular weight excluding hydrogens is 267 g/mol. The maximum atomic E-state index is 8.39. The summed E-state index contributed by atoms with van der Waals surface area (Å²) in [6, 6.07) is 0. The van der Waals surface area contributed by atoms with E-state index in [2.05, 4.69) is 31.1 Å². The fourth-order valence-electron chi connectivity index (χ4n) is 1.13. The van der Waals surface area contributed by atoms with E-state index in [-0.39, 0.29) is 24.9 Å². The summed E-state index contributed by atoms with van der Waals surface area (Å²) >= 11 is 0. The Kier molecular flexibility index (Phi) is 7.67. The molecular formula is C9H17N4Rh-. The van der Waals surface area contributed by atoms with Crippen molar-refractivity contribution in [3.05, 3.63) is 5.32 Å². The van der Waals surface area contributed by atoms with E-state index in [9.17, 15) is 0 Å². The summed E-state index contributed by atoms with van der Waals surface area (Å²) in [4.78, 5) is 5.49. The monoisotopic (exact) mass is 284 g/mol. The smallest absolute Gasteiger partial charge is 0.125 e. The van der Waals surface area contributed by atoms with Gasteiger partial charge in [0.25, 0.3) is 0 Å². The first-order chi connectivity index (χ1) is 5.90. The van der Waals surface area contributed by atoms with E-state index >= 15 is 0 Å². The van der Waals surface area contributed by atoms with Gasteiger partial charge in [0.2, 0.25) is 0 Å². The van der Waals surface area contributed by atoms with Crippen LogP contribution in [-0.2, 0) is 19.5 Å². The molecule has 0 aliphatic rings. The van der Waals surface area contributed by atoms with E-state index in [0.717, 1.165) is 6.54 Å². The largest absolute Gasteiger partial charge is 0.428 e. The Morgan fingerprint density at radius 1 is 1.50 bits per heavy atom. The van der Waals surface area contributed by atoms with Gasteiger partial charge in [0.1, 0.15) is 6.19 Å². The molecule has 0 fully saturated rings. The molecule has 0 rings (SSSR count). The molecule has 0 N–H and O–H groups in total. The summed E-state index contributed by atoms with van der Waals surface area (Å²) in [6.45, 7) is 7.21. The molecule has 0 aliphatic heterocycles. The normalized spacial score (nSPS) is 11.3. The van der Waals surface area contributed by atoms with E-state index < -0.39 is 0 Å². The molecule has 83 valence electrons. The molecule has 0 spiro atoms. The number of rotatable bonds is 1. The Bertz CT molecular complexity index is 224. The summed E-state index contributed by atoms with van der Waals surface area (Å²) in [5.74, 6) is 0.484. The SMILES string of the molecule is C[N-]C(=NC#N)N(C)CC(C)(C)C.[Rh]. The molecule has 0 saturated heterocycles. The Morgan fingerprint density at radius 3 is 2.29 bits per heavy atom. The molecule has 5 heteroatoms. The van der Waals surface area contributed by atoms with Crippen molar-refractivity contribution < 1.29 is 19.5 Å². The minimum absolute atomic E-state index is 0. The average molecular weight is 284 g/mol. The van der Waals surface area contributed by atoms with Gasteiger partial charge in [-0.2, -0.15) is 5.26 Å². The molecule has 0 unspecified atom stereocenters. The molecule has 0 aromatic carbocycles. The molecule has 0 aromatic rings. The van der Waals surface area contributed by atoms with Gasteiger partial charge in [-0.25, -0.2) is 0 Å². The molecule has 0 atom stereocenters. The third kappa shape index (κ3) is 6.85. The number of aliphatic imine (C=N–C) groups is 1. The van der Waals surface area contributed by atoms with Gasteiger partial charge in [-0.15, -0.1) is 0 Å². The molecule has 1 radical (unpaired) electrons. The zero-order valence-corrected chi connectivity index (χ0v) is 11.0. The molecule has 0 bridgehead atoms. The van der Waals surface area contributed by atoms with Crippen molar-refractivity contribution in [2.45, 2.75) is 20.8 Å². The van der Waals surface area contributed by atoms with Crippen molar-refractivity contribution >= 4 is 5.96 Å². The molecule has 14 heavy (non-hydrogen) atoms. The Labute approximate surface area is 99.1 Å².